The van der Waals surface area contributed by atoms with Crippen LogP contribution >= 0.6 is 23.2 Å². The van der Waals surface area contributed by atoms with Crippen molar-refractivity contribution in [2.45, 2.75) is 0 Å². The van der Waals surface area contributed by atoms with Gasteiger partial charge in [-0.15, -0.1) is 4.91 Å². The number of fused-ring (bicyclic) bond motifs is 1. The number of benzene rings is 1. The van der Waals surface area contributed by atoms with Gasteiger partial charge in [-0.05, 0) is 17.3 Å². The molecule has 0 radical (unpaired) electrons. The molecule has 0 amide bonds. The van der Waals surface area contributed by atoms with Crippen LogP contribution in [0.3, 0.4) is 0 Å². The van der Waals surface area contributed by atoms with Gasteiger partial charge in [0.25, 0.3) is 5.56 Å². The van der Waals surface area contributed by atoms with Gasteiger partial charge in [0, 0.05) is 5.02 Å². The first kappa shape index (κ1) is 10.9. The van der Waals surface area contributed by atoms with E-state index in [2.05, 4.69) is 10.2 Å². The van der Waals surface area contributed by atoms with E-state index < -0.39 is 11.3 Å². The van der Waals surface area contributed by atoms with Crippen molar-refractivity contribution < 1.29 is 5.11 Å². The standard InChI is InChI=1S/C9H4Cl2N2O3/c10-3-1-4(11)6-5(2-3)12-9(15)8(14)7(6)13-16/h1-2,14H,(H,12,15). The number of nitrogens with zero attached hydrogens (tertiary/aromatic N) is 1. The Labute approximate surface area is 98.6 Å². The molecule has 1 aromatic carbocycles. The van der Waals surface area contributed by atoms with Gasteiger partial charge >= 0.3 is 0 Å². The Kier molecular flexibility index (Phi) is 2.57. The minimum Gasteiger partial charge on any atom is -0.501 e. The van der Waals surface area contributed by atoms with Gasteiger partial charge in [0.15, 0.2) is 5.69 Å². The quantitative estimate of drug-likeness (QED) is 0.772. The maximum atomic E-state index is 11.2. The Morgan fingerprint density at radius 1 is 1.31 bits per heavy atom. The zero-order valence-corrected chi connectivity index (χ0v) is 9.13. The second-order valence-electron chi connectivity index (χ2n) is 3.05. The summed E-state index contributed by atoms with van der Waals surface area (Å²) in [6.07, 6.45) is 0. The Hall–Kier alpha value is -1.59. The number of halogens is 2. The van der Waals surface area contributed by atoms with Crippen molar-refractivity contribution in [2.24, 2.45) is 5.18 Å². The summed E-state index contributed by atoms with van der Waals surface area (Å²) < 4.78 is 0. The summed E-state index contributed by atoms with van der Waals surface area (Å²) in [5, 5.41) is 12.6. The molecule has 7 heteroatoms. The molecular formula is C9H4Cl2N2O3. The van der Waals surface area contributed by atoms with E-state index in [4.69, 9.17) is 23.2 Å². The molecule has 1 heterocycles. The van der Waals surface area contributed by atoms with Crippen molar-refractivity contribution in [2.75, 3.05) is 0 Å². The predicted octanol–water partition coefficient (Wildman–Crippen LogP) is 2.94. The molecule has 82 valence electrons. The van der Waals surface area contributed by atoms with Crippen LogP contribution in [0.2, 0.25) is 10.0 Å². The van der Waals surface area contributed by atoms with Crippen molar-refractivity contribution in [3.63, 3.8) is 0 Å². The topological polar surface area (TPSA) is 82.5 Å². The van der Waals surface area contributed by atoms with E-state index in [0.29, 0.717) is 5.02 Å². The van der Waals surface area contributed by atoms with E-state index in [9.17, 15) is 14.8 Å². The molecule has 0 aliphatic rings. The molecule has 1 aromatic heterocycles. The van der Waals surface area contributed by atoms with E-state index in [1.807, 2.05) is 0 Å². The van der Waals surface area contributed by atoms with Crippen molar-refractivity contribution in [1.29, 1.82) is 0 Å². The minimum atomic E-state index is -0.819. The van der Waals surface area contributed by atoms with Gasteiger partial charge in [0.05, 0.1) is 15.9 Å². The van der Waals surface area contributed by atoms with Crippen LogP contribution in [0, 0.1) is 4.91 Å². The average Bonchev–Trinajstić information content (AvgIpc) is 2.20. The molecule has 0 fully saturated rings. The monoisotopic (exact) mass is 258 g/mol. The van der Waals surface area contributed by atoms with E-state index in [1.54, 1.807) is 0 Å². The number of pyridine rings is 1. The summed E-state index contributed by atoms with van der Waals surface area (Å²) in [4.78, 5) is 24.2. The van der Waals surface area contributed by atoms with Gasteiger partial charge in [0.2, 0.25) is 5.75 Å². The third-order valence-corrected chi connectivity index (χ3v) is 2.59. The zero-order valence-electron chi connectivity index (χ0n) is 7.62. The highest BCUT2D eigenvalue weighted by molar-refractivity contribution is 6.39. The number of rotatable bonds is 1. The molecule has 0 saturated heterocycles. The number of aromatic amines is 1. The number of aromatic nitrogens is 1. The van der Waals surface area contributed by atoms with Gasteiger partial charge < -0.3 is 10.1 Å². The van der Waals surface area contributed by atoms with E-state index >= 15 is 0 Å². The smallest absolute Gasteiger partial charge is 0.292 e. The van der Waals surface area contributed by atoms with Gasteiger partial charge in [-0.1, -0.05) is 23.2 Å². The summed E-state index contributed by atoms with van der Waals surface area (Å²) in [5.74, 6) is -0.758. The molecule has 0 aliphatic carbocycles. The Balaban J connectivity index is 3.08. The minimum absolute atomic E-state index is 0.128. The molecular weight excluding hydrogens is 255 g/mol. The lowest BCUT2D eigenvalue weighted by molar-refractivity contribution is 0.469. The lowest BCUT2D eigenvalue weighted by Crippen LogP contribution is -2.05. The first-order valence-corrected chi connectivity index (χ1v) is 4.87. The molecule has 2 aromatic rings. The highest BCUT2D eigenvalue weighted by Gasteiger charge is 2.15. The lowest BCUT2D eigenvalue weighted by atomic mass is 10.2. The Morgan fingerprint density at radius 2 is 2.00 bits per heavy atom. The number of nitroso groups, excluding NO2 is 1. The van der Waals surface area contributed by atoms with Crippen LogP contribution < -0.4 is 5.56 Å². The van der Waals surface area contributed by atoms with Crippen molar-refractivity contribution in [3.8, 4) is 5.75 Å². The van der Waals surface area contributed by atoms with E-state index in [0.717, 1.165) is 0 Å². The predicted molar refractivity (Wildman–Crippen MR) is 61.7 cm³/mol. The fraction of sp³-hybridized carbons (Fsp3) is 0. The van der Waals surface area contributed by atoms with Crippen LogP contribution in [-0.4, -0.2) is 10.1 Å². The van der Waals surface area contributed by atoms with Crippen molar-refractivity contribution in [3.05, 3.63) is 37.4 Å². The van der Waals surface area contributed by atoms with Crippen molar-refractivity contribution in [1.82, 2.24) is 4.98 Å². The molecule has 0 saturated carbocycles. The Bertz CT molecular complexity index is 651. The van der Waals surface area contributed by atoms with Crippen LogP contribution in [0.5, 0.6) is 5.75 Å². The summed E-state index contributed by atoms with van der Waals surface area (Å²) in [5.41, 5.74) is -0.962. The molecule has 0 unspecified atom stereocenters. The van der Waals surface area contributed by atoms with Gasteiger partial charge in [-0.3, -0.25) is 4.79 Å². The van der Waals surface area contributed by atoms with Gasteiger partial charge in [0.1, 0.15) is 0 Å². The number of aromatic hydroxyl groups is 1. The fourth-order valence-corrected chi connectivity index (χ4v) is 1.99. The number of H-pyrrole nitrogens is 1. The number of nitrogens with one attached hydrogen (secondary N) is 1. The highest BCUT2D eigenvalue weighted by Crippen LogP contribution is 2.37. The summed E-state index contributed by atoms with van der Waals surface area (Å²) in [7, 11) is 0. The van der Waals surface area contributed by atoms with Crippen LogP contribution in [0.1, 0.15) is 0 Å². The molecule has 2 rings (SSSR count). The van der Waals surface area contributed by atoms with E-state index in [-0.39, 0.29) is 21.6 Å². The first-order chi connectivity index (χ1) is 7.54. The van der Waals surface area contributed by atoms with Gasteiger partial charge in [-0.2, -0.15) is 0 Å². The number of hydrogen-bond donors (Lipinski definition) is 2. The molecule has 0 aliphatic heterocycles. The average molecular weight is 259 g/mol. The largest absolute Gasteiger partial charge is 0.501 e. The molecule has 0 bridgehead atoms. The second kappa shape index (κ2) is 3.77. The zero-order chi connectivity index (χ0) is 11.9. The maximum Gasteiger partial charge on any atom is 0.292 e. The SMILES string of the molecule is O=Nc1c(O)c(=O)[nH]c2cc(Cl)cc(Cl)c12. The molecule has 0 spiro atoms. The van der Waals surface area contributed by atoms with Crippen LogP contribution in [0.4, 0.5) is 5.69 Å². The summed E-state index contributed by atoms with van der Waals surface area (Å²) in [6, 6.07) is 2.80. The van der Waals surface area contributed by atoms with Crippen LogP contribution in [0.15, 0.2) is 22.1 Å². The first-order valence-electron chi connectivity index (χ1n) is 4.12. The second-order valence-corrected chi connectivity index (χ2v) is 3.90. The summed E-state index contributed by atoms with van der Waals surface area (Å²) >= 11 is 11.6. The van der Waals surface area contributed by atoms with Crippen LogP contribution in [0.25, 0.3) is 10.9 Å². The third-order valence-electron chi connectivity index (χ3n) is 2.07. The number of hydrogen-bond acceptors (Lipinski definition) is 4. The van der Waals surface area contributed by atoms with E-state index in [1.165, 1.54) is 12.1 Å². The molecule has 2 N–H and O–H groups in total. The normalized spacial score (nSPS) is 10.6. The highest BCUT2D eigenvalue weighted by atomic mass is 35.5. The maximum absolute atomic E-state index is 11.2. The molecule has 16 heavy (non-hydrogen) atoms. The third kappa shape index (κ3) is 1.54. The van der Waals surface area contributed by atoms with Gasteiger partial charge in [-0.25, -0.2) is 0 Å². The molecule has 5 nitrogen and oxygen atoms in total. The van der Waals surface area contributed by atoms with Crippen LogP contribution in [-0.2, 0) is 0 Å². The van der Waals surface area contributed by atoms with Crippen molar-refractivity contribution >= 4 is 39.8 Å². The summed E-state index contributed by atoms with van der Waals surface area (Å²) in [6.45, 7) is 0. The fourth-order valence-electron chi connectivity index (χ4n) is 1.41. The molecule has 0 atom stereocenters. The lowest BCUT2D eigenvalue weighted by Gasteiger charge is -2.04. The Morgan fingerprint density at radius 3 is 2.62 bits per heavy atom.